The van der Waals surface area contributed by atoms with Gasteiger partial charge in [0.2, 0.25) is 5.88 Å². The van der Waals surface area contributed by atoms with Gasteiger partial charge in [-0.15, -0.1) is 0 Å². The van der Waals surface area contributed by atoms with Crippen LogP contribution in [0.1, 0.15) is 28.8 Å². The monoisotopic (exact) mass is 384 g/mol. The molecule has 0 bridgehead atoms. The summed E-state index contributed by atoms with van der Waals surface area (Å²) in [5.74, 6) is 0.0521. The molecule has 0 saturated carbocycles. The maximum absolute atomic E-state index is 12.8. The van der Waals surface area contributed by atoms with Crippen LogP contribution >= 0.6 is 11.6 Å². The second-order valence-corrected chi connectivity index (χ2v) is 6.44. The average Bonchev–Trinajstić information content (AvgIpc) is 2.63. The van der Waals surface area contributed by atoms with Gasteiger partial charge in [0, 0.05) is 43.8 Å². The van der Waals surface area contributed by atoms with Gasteiger partial charge >= 0.3 is 6.18 Å². The third-order valence-corrected chi connectivity index (χ3v) is 4.38. The predicted molar refractivity (Wildman–Crippen MR) is 90.2 cm³/mol. The molecule has 3 rings (SSSR count). The molecule has 1 aromatic carbocycles. The highest BCUT2D eigenvalue weighted by Crippen LogP contribution is 2.30. The summed E-state index contributed by atoms with van der Waals surface area (Å²) in [7, 11) is 0. The van der Waals surface area contributed by atoms with Gasteiger partial charge in [-0.3, -0.25) is 4.79 Å². The smallest absolute Gasteiger partial charge is 0.416 e. The number of alkyl halides is 3. The number of hydrogen-bond acceptors (Lipinski definition) is 3. The molecule has 1 fully saturated rings. The van der Waals surface area contributed by atoms with Crippen molar-refractivity contribution in [2.24, 2.45) is 0 Å². The molecule has 0 spiro atoms. The number of hydrogen-bond donors (Lipinski definition) is 0. The Morgan fingerprint density at radius 3 is 2.54 bits per heavy atom. The van der Waals surface area contributed by atoms with E-state index in [1.165, 1.54) is 18.3 Å². The van der Waals surface area contributed by atoms with E-state index in [-0.39, 0.29) is 11.7 Å². The molecule has 0 N–H and O–H groups in total. The molecule has 4 nitrogen and oxygen atoms in total. The number of carbonyl (C=O) groups excluding carboxylic acids is 1. The molecule has 0 unspecified atom stereocenters. The summed E-state index contributed by atoms with van der Waals surface area (Å²) >= 11 is 5.77. The lowest BCUT2D eigenvalue weighted by atomic mass is 10.0. The average molecular weight is 385 g/mol. The minimum Gasteiger partial charge on any atom is -0.474 e. The highest BCUT2D eigenvalue weighted by molar-refractivity contribution is 6.30. The highest BCUT2D eigenvalue weighted by atomic mass is 35.5. The Balaban J connectivity index is 1.59. The zero-order valence-electron chi connectivity index (χ0n) is 13.7. The molecule has 8 heteroatoms. The van der Waals surface area contributed by atoms with Crippen molar-refractivity contribution < 1.29 is 22.7 Å². The Hall–Kier alpha value is -2.28. The van der Waals surface area contributed by atoms with E-state index in [1.807, 2.05) is 0 Å². The molecular weight excluding hydrogens is 369 g/mol. The van der Waals surface area contributed by atoms with Crippen molar-refractivity contribution in [3.63, 3.8) is 0 Å². The fourth-order valence-electron chi connectivity index (χ4n) is 2.79. The van der Waals surface area contributed by atoms with Gasteiger partial charge in [0.15, 0.2) is 0 Å². The SMILES string of the molecule is O=C(c1cccc(C(F)(F)F)c1)N1CCC(Oc2ccc(Cl)cn2)CC1. The molecule has 1 aliphatic rings. The van der Waals surface area contributed by atoms with Crippen molar-refractivity contribution in [3.05, 3.63) is 58.7 Å². The van der Waals surface area contributed by atoms with Crippen LogP contribution in [-0.4, -0.2) is 35.0 Å². The first-order chi connectivity index (χ1) is 12.3. The minimum atomic E-state index is -4.47. The van der Waals surface area contributed by atoms with Crippen molar-refractivity contribution in [1.29, 1.82) is 0 Å². The lowest BCUT2D eigenvalue weighted by molar-refractivity contribution is -0.137. The van der Waals surface area contributed by atoms with Crippen LogP contribution in [-0.2, 0) is 6.18 Å². The number of rotatable bonds is 3. The first-order valence-corrected chi connectivity index (χ1v) is 8.45. The summed E-state index contributed by atoms with van der Waals surface area (Å²) in [4.78, 5) is 18.1. The molecule has 26 heavy (non-hydrogen) atoms. The first kappa shape index (κ1) is 18.5. The molecule has 1 aliphatic heterocycles. The number of likely N-dealkylation sites (tertiary alicyclic amines) is 1. The Kier molecular flexibility index (Phi) is 5.36. The summed E-state index contributed by atoms with van der Waals surface area (Å²) in [6, 6.07) is 7.84. The number of halogens is 4. The Bertz CT molecular complexity index is 773. The molecule has 2 heterocycles. The van der Waals surface area contributed by atoms with E-state index in [0.717, 1.165) is 12.1 Å². The van der Waals surface area contributed by atoms with Crippen LogP contribution in [0.25, 0.3) is 0 Å². The zero-order valence-corrected chi connectivity index (χ0v) is 14.4. The fourth-order valence-corrected chi connectivity index (χ4v) is 2.90. The van der Waals surface area contributed by atoms with E-state index in [2.05, 4.69) is 4.98 Å². The van der Waals surface area contributed by atoms with E-state index in [1.54, 1.807) is 17.0 Å². The van der Waals surface area contributed by atoms with Crippen LogP contribution < -0.4 is 4.74 Å². The van der Waals surface area contributed by atoms with Crippen molar-refractivity contribution in [2.75, 3.05) is 13.1 Å². The van der Waals surface area contributed by atoms with Crippen molar-refractivity contribution >= 4 is 17.5 Å². The summed E-state index contributed by atoms with van der Waals surface area (Å²) in [5, 5.41) is 0.513. The number of aromatic nitrogens is 1. The van der Waals surface area contributed by atoms with Crippen LogP contribution in [0.3, 0.4) is 0 Å². The van der Waals surface area contributed by atoms with Crippen molar-refractivity contribution in [1.82, 2.24) is 9.88 Å². The third kappa shape index (κ3) is 4.46. The summed E-state index contributed by atoms with van der Waals surface area (Å²) in [6.45, 7) is 0.820. The predicted octanol–water partition coefficient (Wildman–Crippen LogP) is 4.44. The number of pyridine rings is 1. The van der Waals surface area contributed by atoms with E-state index in [4.69, 9.17) is 16.3 Å². The van der Waals surface area contributed by atoms with Crippen molar-refractivity contribution in [2.45, 2.75) is 25.1 Å². The lowest BCUT2D eigenvalue weighted by Crippen LogP contribution is -2.41. The van der Waals surface area contributed by atoms with Crippen LogP contribution in [0.4, 0.5) is 13.2 Å². The molecular formula is C18H16ClF3N2O2. The fraction of sp³-hybridized carbons (Fsp3) is 0.333. The summed E-state index contributed by atoms with van der Waals surface area (Å²) in [5.41, 5.74) is -0.783. The van der Waals surface area contributed by atoms with E-state index in [9.17, 15) is 18.0 Å². The van der Waals surface area contributed by atoms with Gasteiger partial charge in [-0.25, -0.2) is 4.98 Å². The van der Waals surface area contributed by atoms with Crippen LogP contribution in [0.2, 0.25) is 5.02 Å². The Morgan fingerprint density at radius 1 is 1.19 bits per heavy atom. The molecule has 1 amide bonds. The maximum atomic E-state index is 12.8. The first-order valence-electron chi connectivity index (χ1n) is 8.07. The van der Waals surface area contributed by atoms with E-state index < -0.39 is 17.6 Å². The van der Waals surface area contributed by atoms with E-state index >= 15 is 0 Å². The maximum Gasteiger partial charge on any atom is 0.416 e. The number of ether oxygens (including phenoxy) is 1. The number of benzene rings is 1. The highest BCUT2D eigenvalue weighted by Gasteiger charge is 2.32. The van der Waals surface area contributed by atoms with Crippen LogP contribution in [0.5, 0.6) is 5.88 Å². The largest absolute Gasteiger partial charge is 0.474 e. The van der Waals surface area contributed by atoms with Gasteiger partial charge in [0.25, 0.3) is 5.91 Å². The molecule has 1 saturated heterocycles. The van der Waals surface area contributed by atoms with Gasteiger partial charge in [0.05, 0.1) is 10.6 Å². The number of amides is 1. The number of nitrogens with zero attached hydrogens (tertiary/aromatic N) is 2. The van der Waals surface area contributed by atoms with Gasteiger partial charge in [-0.2, -0.15) is 13.2 Å². The van der Waals surface area contributed by atoms with Gasteiger partial charge in [0.1, 0.15) is 6.10 Å². The van der Waals surface area contributed by atoms with Gasteiger partial charge in [-0.05, 0) is 24.3 Å². The Morgan fingerprint density at radius 2 is 1.92 bits per heavy atom. The topological polar surface area (TPSA) is 42.4 Å². The minimum absolute atomic E-state index is 0.0403. The van der Waals surface area contributed by atoms with E-state index in [0.29, 0.717) is 36.8 Å². The summed E-state index contributed by atoms with van der Waals surface area (Å²) < 4.78 is 44.2. The Labute approximate surface area is 153 Å². The van der Waals surface area contributed by atoms with Crippen LogP contribution in [0, 0.1) is 0 Å². The molecule has 2 aromatic rings. The quantitative estimate of drug-likeness (QED) is 0.785. The number of carbonyl (C=O) groups is 1. The molecule has 0 radical (unpaired) electrons. The molecule has 0 atom stereocenters. The molecule has 1 aromatic heterocycles. The van der Waals surface area contributed by atoms with Crippen molar-refractivity contribution in [3.8, 4) is 5.88 Å². The summed E-state index contributed by atoms with van der Waals surface area (Å²) in [6.07, 6.45) is -1.93. The van der Waals surface area contributed by atoms with Gasteiger partial charge in [-0.1, -0.05) is 17.7 Å². The third-order valence-electron chi connectivity index (χ3n) is 4.15. The second-order valence-electron chi connectivity index (χ2n) is 6.00. The van der Waals surface area contributed by atoms with Gasteiger partial charge < -0.3 is 9.64 Å². The second kappa shape index (κ2) is 7.53. The number of piperidine rings is 1. The van der Waals surface area contributed by atoms with Crippen LogP contribution in [0.15, 0.2) is 42.6 Å². The molecule has 0 aliphatic carbocycles. The normalized spacial score (nSPS) is 15.8. The zero-order chi connectivity index (χ0) is 18.7. The molecule has 138 valence electrons. The standard InChI is InChI=1S/C18H16ClF3N2O2/c19-14-4-5-16(23-11-14)26-15-6-8-24(9-7-15)17(25)12-2-1-3-13(10-12)18(20,21)22/h1-5,10-11,15H,6-9H2. The lowest BCUT2D eigenvalue weighted by Gasteiger charge is -2.32.